The molecule has 6 nitrogen and oxygen atoms in total. The first-order valence-corrected chi connectivity index (χ1v) is 29.1. The van der Waals surface area contributed by atoms with E-state index in [1.54, 1.807) is 0 Å². The largest absolute Gasteiger partial charge is 0.462 e. The molecular formula is C59H113NO5. The van der Waals surface area contributed by atoms with Crippen LogP contribution in [0.3, 0.4) is 0 Å². The Morgan fingerprint density at radius 1 is 0.431 bits per heavy atom. The quantitative estimate of drug-likeness (QED) is 0.0321. The number of ether oxygens (including phenoxy) is 1. The summed E-state index contributed by atoms with van der Waals surface area (Å²) in [6, 6.07) is -0.702. The number of carbonyl (C=O) groups excluding carboxylic acids is 2. The summed E-state index contributed by atoms with van der Waals surface area (Å²) < 4.78 is 5.96. The molecule has 384 valence electrons. The number of unbranched alkanes of at least 4 members (excludes halogenated alkanes) is 37. The van der Waals surface area contributed by atoms with Gasteiger partial charge in [0.2, 0.25) is 5.91 Å². The topological polar surface area (TPSA) is 95.9 Å². The SMILES string of the molecule is CCCCCCCC/C=C/CCCCCCCCCC(=O)OC(CCCCCCC/C=C/CCCCCCCC)CC(=O)NC(CO)C(O)CCCCCCCCCCCCCCCC. The molecule has 0 aromatic heterocycles. The molecule has 0 saturated heterocycles. The van der Waals surface area contributed by atoms with E-state index < -0.39 is 18.2 Å². The third-order valence-electron chi connectivity index (χ3n) is 13.5. The van der Waals surface area contributed by atoms with Crippen molar-refractivity contribution in [3.8, 4) is 0 Å². The van der Waals surface area contributed by atoms with E-state index in [-0.39, 0.29) is 24.9 Å². The molecule has 0 radical (unpaired) electrons. The zero-order valence-corrected chi connectivity index (χ0v) is 43.9. The fourth-order valence-corrected chi connectivity index (χ4v) is 9.07. The van der Waals surface area contributed by atoms with Gasteiger partial charge >= 0.3 is 5.97 Å². The molecular weight excluding hydrogens is 803 g/mol. The Morgan fingerprint density at radius 2 is 0.738 bits per heavy atom. The van der Waals surface area contributed by atoms with Crippen LogP contribution in [-0.4, -0.2) is 46.9 Å². The van der Waals surface area contributed by atoms with Gasteiger partial charge in [0, 0.05) is 6.42 Å². The number of nitrogens with one attached hydrogen (secondary N) is 1. The maximum Gasteiger partial charge on any atom is 0.306 e. The van der Waals surface area contributed by atoms with Gasteiger partial charge in [-0.05, 0) is 77.0 Å². The molecule has 0 aliphatic carbocycles. The highest BCUT2D eigenvalue weighted by Crippen LogP contribution is 2.18. The van der Waals surface area contributed by atoms with Gasteiger partial charge in [-0.25, -0.2) is 0 Å². The number of esters is 1. The number of carbonyl (C=O) groups is 2. The summed E-state index contributed by atoms with van der Waals surface area (Å²) in [6.07, 6.45) is 62.4. The van der Waals surface area contributed by atoms with Crippen LogP contribution in [0, 0.1) is 0 Å². The lowest BCUT2D eigenvalue weighted by Crippen LogP contribution is -2.46. The molecule has 0 spiro atoms. The van der Waals surface area contributed by atoms with E-state index >= 15 is 0 Å². The zero-order chi connectivity index (χ0) is 47.4. The average molecular weight is 917 g/mol. The molecule has 3 atom stereocenters. The lowest BCUT2D eigenvalue weighted by Gasteiger charge is -2.24. The van der Waals surface area contributed by atoms with Crippen LogP contribution in [0.4, 0.5) is 0 Å². The van der Waals surface area contributed by atoms with E-state index in [1.807, 2.05) is 0 Å². The number of hydrogen-bond acceptors (Lipinski definition) is 5. The van der Waals surface area contributed by atoms with Crippen LogP contribution in [0.5, 0.6) is 0 Å². The van der Waals surface area contributed by atoms with Gasteiger partial charge in [-0.2, -0.15) is 0 Å². The van der Waals surface area contributed by atoms with E-state index in [2.05, 4.69) is 50.4 Å². The van der Waals surface area contributed by atoms with Crippen LogP contribution in [0.2, 0.25) is 0 Å². The number of amides is 1. The fraction of sp³-hybridized carbons (Fsp3) is 0.898. The third kappa shape index (κ3) is 48.6. The molecule has 3 unspecified atom stereocenters. The maximum atomic E-state index is 13.3. The summed E-state index contributed by atoms with van der Waals surface area (Å²) in [4.78, 5) is 26.3. The fourth-order valence-electron chi connectivity index (χ4n) is 9.07. The predicted molar refractivity (Wildman–Crippen MR) is 283 cm³/mol. The molecule has 0 aliphatic heterocycles. The Balaban J connectivity index is 4.54. The van der Waals surface area contributed by atoms with Crippen molar-refractivity contribution in [1.29, 1.82) is 0 Å². The van der Waals surface area contributed by atoms with E-state index in [4.69, 9.17) is 4.74 Å². The second kappa shape index (κ2) is 53.3. The highest BCUT2D eigenvalue weighted by Gasteiger charge is 2.24. The van der Waals surface area contributed by atoms with Crippen molar-refractivity contribution in [2.75, 3.05) is 6.61 Å². The van der Waals surface area contributed by atoms with Crippen molar-refractivity contribution < 1.29 is 24.5 Å². The highest BCUT2D eigenvalue weighted by molar-refractivity contribution is 5.77. The van der Waals surface area contributed by atoms with E-state index in [9.17, 15) is 19.8 Å². The molecule has 6 heteroatoms. The normalized spacial score (nSPS) is 13.2. The molecule has 0 bridgehead atoms. The van der Waals surface area contributed by atoms with Gasteiger partial charge in [0.15, 0.2) is 0 Å². The Morgan fingerprint density at radius 3 is 1.09 bits per heavy atom. The first kappa shape index (κ1) is 63.3. The number of aliphatic hydroxyl groups excluding tert-OH is 2. The molecule has 0 rings (SSSR count). The summed E-state index contributed by atoms with van der Waals surface area (Å²) in [7, 11) is 0. The lowest BCUT2D eigenvalue weighted by atomic mass is 10.0. The molecule has 0 aromatic rings. The second-order valence-corrected chi connectivity index (χ2v) is 20.0. The van der Waals surface area contributed by atoms with Crippen LogP contribution < -0.4 is 5.32 Å². The van der Waals surface area contributed by atoms with Crippen LogP contribution >= 0.6 is 0 Å². The maximum absolute atomic E-state index is 13.3. The minimum Gasteiger partial charge on any atom is -0.462 e. The van der Waals surface area contributed by atoms with Gasteiger partial charge in [0.1, 0.15) is 6.10 Å². The molecule has 0 fully saturated rings. The van der Waals surface area contributed by atoms with Crippen molar-refractivity contribution in [2.24, 2.45) is 0 Å². The molecule has 0 aromatic carbocycles. The molecule has 3 N–H and O–H groups in total. The average Bonchev–Trinajstić information content (AvgIpc) is 3.30. The van der Waals surface area contributed by atoms with Crippen molar-refractivity contribution in [3.05, 3.63) is 24.3 Å². The van der Waals surface area contributed by atoms with Gasteiger partial charge in [-0.3, -0.25) is 9.59 Å². The minimum atomic E-state index is -0.788. The van der Waals surface area contributed by atoms with Crippen molar-refractivity contribution >= 4 is 11.9 Å². The Kier molecular flexibility index (Phi) is 51.9. The van der Waals surface area contributed by atoms with E-state index in [0.29, 0.717) is 19.3 Å². The lowest BCUT2D eigenvalue weighted by molar-refractivity contribution is -0.151. The molecule has 0 saturated carbocycles. The van der Waals surface area contributed by atoms with Crippen molar-refractivity contribution in [1.82, 2.24) is 5.32 Å². The van der Waals surface area contributed by atoms with Crippen LogP contribution in [0.1, 0.15) is 316 Å². The molecule has 0 aliphatic rings. The first-order chi connectivity index (χ1) is 32.0. The number of allylic oxidation sites excluding steroid dienone is 4. The van der Waals surface area contributed by atoms with E-state index in [0.717, 1.165) is 57.8 Å². The second-order valence-electron chi connectivity index (χ2n) is 20.0. The summed E-state index contributed by atoms with van der Waals surface area (Å²) in [5, 5.41) is 23.9. The van der Waals surface area contributed by atoms with E-state index in [1.165, 1.54) is 212 Å². The molecule has 1 amide bonds. The van der Waals surface area contributed by atoms with Gasteiger partial charge < -0.3 is 20.3 Å². The highest BCUT2D eigenvalue weighted by atomic mass is 16.5. The van der Waals surface area contributed by atoms with Gasteiger partial charge in [-0.1, -0.05) is 251 Å². The number of aliphatic hydroxyl groups is 2. The predicted octanol–water partition coefficient (Wildman–Crippen LogP) is 17.9. The molecule has 0 heterocycles. The van der Waals surface area contributed by atoms with Gasteiger partial charge in [0.05, 0.1) is 25.2 Å². The Bertz CT molecular complexity index is 1030. The summed E-state index contributed by atoms with van der Waals surface area (Å²) >= 11 is 0. The minimum absolute atomic E-state index is 0.0749. The standard InChI is InChI=1S/C59H113NO5/c1-4-7-10-13-16-19-22-25-28-29-31-34-37-40-43-46-49-52-59(64)65-55(50-47-44-41-38-35-32-30-26-23-20-17-14-11-8-5-2)53-58(63)60-56(54-61)57(62)51-48-45-42-39-36-33-27-24-21-18-15-12-9-6-3/h25-26,28,30,55-57,61-62H,4-24,27,29,31-54H2,1-3H3,(H,60,63)/b28-25+,30-26+. The number of rotatable bonds is 53. The third-order valence-corrected chi connectivity index (χ3v) is 13.5. The monoisotopic (exact) mass is 916 g/mol. The summed E-state index contributed by atoms with van der Waals surface area (Å²) in [5.41, 5.74) is 0. The van der Waals surface area contributed by atoms with Crippen molar-refractivity contribution in [3.63, 3.8) is 0 Å². The Labute approximate surface area is 405 Å². The van der Waals surface area contributed by atoms with Gasteiger partial charge in [0.25, 0.3) is 0 Å². The number of hydrogen-bond donors (Lipinski definition) is 3. The summed E-state index contributed by atoms with van der Waals surface area (Å²) in [5.74, 6) is -0.470. The first-order valence-electron chi connectivity index (χ1n) is 29.1. The zero-order valence-electron chi connectivity index (χ0n) is 43.9. The smallest absolute Gasteiger partial charge is 0.306 e. The summed E-state index contributed by atoms with van der Waals surface area (Å²) in [6.45, 7) is 6.51. The van der Waals surface area contributed by atoms with Gasteiger partial charge in [-0.15, -0.1) is 0 Å². The van der Waals surface area contributed by atoms with Crippen molar-refractivity contribution in [2.45, 2.75) is 334 Å². The molecule has 65 heavy (non-hydrogen) atoms. The van der Waals surface area contributed by atoms with Crippen LogP contribution in [0.25, 0.3) is 0 Å². The Hall–Kier alpha value is -1.66. The van der Waals surface area contributed by atoms with Crippen LogP contribution in [-0.2, 0) is 14.3 Å². The van der Waals surface area contributed by atoms with Crippen LogP contribution in [0.15, 0.2) is 24.3 Å².